The molecular formula is C14H23BrN2O2. The first-order valence-electron chi connectivity index (χ1n) is 7.18. The summed E-state index contributed by atoms with van der Waals surface area (Å²) < 4.78 is 0. The summed E-state index contributed by atoms with van der Waals surface area (Å²) >= 11 is 3.51. The summed E-state index contributed by atoms with van der Waals surface area (Å²) in [4.78, 5) is 28.2. The topological polar surface area (TPSA) is 40.6 Å². The van der Waals surface area contributed by atoms with Crippen molar-refractivity contribution in [3.8, 4) is 0 Å². The highest BCUT2D eigenvalue weighted by Crippen LogP contribution is 2.25. The number of hydrogen-bond donors (Lipinski definition) is 0. The van der Waals surface area contributed by atoms with Crippen molar-refractivity contribution in [2.24, 2.45) is 11.8 Å². The number of hydrogen-bond acceptors (Lipinski definition) is 2. The van der Waals surface area contributed by atoms with Gasteiger partial charge in [-0.2, -0.15) is 0 Å². The monoisotopic (exact) mass is 330 g/mol. The van der Waals surface area contributed by atoms with Gasteiger partial charge in [0.25, 0.3) is 0 Å². The molecule has 0 saturated carbocycles. The van der Waals surface area contributed by atoms with Crippen LogP contribution in [-0.2, 0) is 9.59 Å². The lowest BCUT2D eigenvalue weighted by atomic mass is 9.94. The Morgan fingerprint density at radius 2 is 2.05 bits per heavy atom. The van der Waals surface area contributed by atoms with Crippen LogP contribution in [0.1, 0.15) is 33.1 Å². The van der Waals surface area contributed by atoms with E-state index >= 15 is 0 Å². The molecule has 2 saturated heterocycles. The zero-order valence-corrected chi connectivity index (χ0v) is 13.4. The second-order valence-corrected chi connectivity index (χ2v) is 6.62. The van der Waals surface area contributed by atoms with E-state index in [4.69, 9.17) is 0 Å². The van der Waals surface area contributed by atoms with Crippen LogP contribution in [0.3, 0.4) is 0 Å². The zero-order chi connectivity index (χ0) is 14.0. The Bertz CT molecular complexity index is 359. The average Bonchev–Trinajstić information content (AvgIpc) is 2.41. The minimum absolute atomic E-state index is 0.126. The minimum Gasteiger partial charge on any atom is -0.331 e. The highest BCUT2D eigenvalue weighted by molar-refractivity contribution is 9.09. The van der Waals surface area contributed by atoms with Gasteiger partial charge < -0.3 is 9.80 Å². The molecule has 19 heavy (non-hydrogen) atoms. The standard InChI is InChI=1S/C14H23BrN2O2/c1-10(2)11(7-15)8-16-9-13(18)17-6-4-3-5-12(17)14(16)19/h10-12H,3-9H2,1-2H3. The number of halogens is 1. The van der Waals surface area contributed by atoms with Crippen LogP contribution in [0, 0.1) is 11.8 Å². The van der Waals surface area contributed by atoms with Crippen molar-refractivity contribution < 1.29 is 9.59 Å². The lowest BCUT2D eigenvalue weighted by Gasteiger charge is -2.43. The highest BCUT2D eigenvalue weighted by Gasteiger charge is 2.40. The first-order valence-corrected chi connectivity index (χ1v) is 8.31. The molecule has 0 aromatic carbocycles. The van der Waals surface area contributed by atoms with Crippen molar-refractivity contribution in [1.29, 1.82) is 0 Å². The Balaban J connectivity index is 2.06. The molecule has 0 aromatic rings. The maximum Gasteiger partial charge on any atom is 0.245 e. The van der Waals surface area contributed by atoms with Crippen LogP contribution in [-0.4, -0.2) is 52.6 Å². The molecule has 0 bridgehead atoms. The summed E-state index contributed by atoms with van der Waals surface area (Å²) in [6.07, 6.45) is 2.92. The Morgan fingerprint density at radius 1 is 1.32 bits per heavy atom. The average molecular weight is 331 g/mol. The molecule has 0 aromatic heterocycles. The fraction of sp³-hybridized carbons (Fsp3) is 0.857. The molecule has 0 spiro atoms. The Labute approximate surface area is 123 Å². The summed E-state index contributed by atoms with van der Waals surface area (Å²) in [6, 6.07) is -0.182. The highest BCUT2D eigenvalue weighted by atomic mass is 79.9. The maximum absolute atomic E-state index is 12.5. The Morgan fingerprint density at radius 3 is 2.68 bits per heavy atom. The van der Waals surface area contributed by atoms with Gasteiger partial charge in [-0.25, -0.2) is 0 Å². The molecule has 2 heterocycles. The summed E-state index contributed by atoms with van der Waals surface area (Å²) in [5.74, 6) is 1.20. The third kappa shape index (κ3) is 3.12. The molecule has 5 heteroatoms. The lowest BCUT2D eigenvalue weighted by Crippen LogP contribution is -2.62. The van der Waals surface area contributed by atoms with E-state index in [-0.39, 0.29) is 24.4 Å². The van der Waals surface area contributed by atoms with Crippen LogP contribution in [0.2, 0.25) is 0 Å². The van der Waals surface area contributed by atoms with E-state index in [9.17, 15) is 9.59 Å². The third-order valence-electron chi connectivity index (χ3n) is 4.34. The van der Waals surface area contributed by atoms with E-state index in [2.05, 4.69) is 29.8 Å². The third-order valence-corrected chi connectivity index (χ3v) is 5.17. The van der Waals surface area contributed by atoms with Gasteiger partial charge in [0.2, 0.25) is 11.8 Å². The quantitative estimate of drug-likeness (QED) is 0.738. The number of piperazine rings is 1. The molecule has 0 aliphatic carbocycles. The predicted octanol–water partition coefficient (Wildman–Crippen LogP) is 1.88. The van der Waals surface area contributed by atoms with E-state index in [0.717, 1.165) is 31.1 Å². The summed E-state index contributed by atoms with van der Waals surface area (Å²) in [5.41, 5.74) is 0. The minimum atomic E-state index is -0.182. The maximum atomic E-state index is 12.5. The van der Waals surface area contributed by atoms with Crippen LogP contribution < -0.4 is 0 Å². The van der Waals surface area contributed by atoms with Crippen molar-refractivity contribution in [2.75, 3.05) is 25.0 Å². The molecule has 2 aliphatic heterocycles. The molecule has 2 fully saturated rings. The van der Waals surface area contributed by atoms with Crippen molar-refractivity contribution >= 4 is 27.7 Å². The summed E-state index contributed by atoms with van der Waals surface area (Å²) in [6.45, 7) is 6.04. The summed E-state index contributed by atoms with van der Waals surface area (Å²) in [5, 5.41) is 0.872. The van der Waals surface area contributed by atoms with Crippen molar-refractivity contribution in [3.63, 3.8) is 0 Å². The first kappa shape index (κ1) is 14.8. The molecule has 2 rings (SSSR count). The van der Waals surface area contributed by atoms with Crippen LogP contribution in [0.4, 0.5) is 0 Å². The molecule has 0 radical (unpaired) electrons. The van der Waals surface area contributed by atoms with Gasteiger partial charge in [-0.3, -0.25) is 9.59 Å². The number of amides is 2. The van der Waals surface area contributed by atoms with Gasteiger partial charge in [-0.15, -0.1) is 0 Å². The van der Waals surface area contributed by atoms with Gasteiger partial charge in [0.1, 0.15) is 6.04 Å². The number of piperidine rings is 1. The Hall–Kier alpha value is -0.580. The Kier molecular flexibility index (Phi) is 4.87. The van der Waals surface area contributed by atoms with E-state index in [1.807, 2.05) is 0 Å². The fourth-order valence-electron chi connectivity index (χ4n) is 2.90. The number of carbonyl (C=O) groups is 2. The van der Waals surface area contributed by atoms with E-state index in [1.165, 1.54) is 0 Å². The van der Waals surface area contributed by atoms with Crippen LogP contribution >= 0.6 is 15.9 Å². The SMILES string of the molecule is CC(C)C(CBr)CN1CC(=O)N2CCCCC2C1=O. The van der Waals surface area contributed by atoms with Crippen LogP contribution in [0.25, 0.3) is 0 Å². The van der Waals surface area contributed by atoms with Gasteiger partial charge in [0.05, 0.1) is 6.54 Å². The number of nitrogens with zero attached hydrogens (tertiary/aromatic N) is 2. The first-order chi connectivity index (χ1) is 9.04. The van der Waals surface area contributed by atoms with Crippen LogP contribution in [0.15, 0.2) is 0 Å². The summed E-state index contributed by atoms with van der Waals surface area (Å²) in [7, 11) is 0. The number of carbonyl (C=O) groups excluding carboxylic acids is 2. The molecule has 108 valence electrons. The van der Waals surface area contributed by atoms with Gasteiger partial charge in [0, 0.05) is 18.4 Å². The second-order valence-electron chi connectivity index (χ2n) is 5.98. The molecule has 2 unspecified atom stereocenters. The molecule has 2 atom stereocenters. The van der Waals surface area contributed by atoms with E-state index in [1.54, 1.807) is 9.80 Å². The zero-order valence-electron chi connectivity index (χ0n) is 11.8. The van der Waals surface area contributed by atoms with Gasteiger partial charge in [-0.05, 0) is 31.1 Å². The van der Waals surface area contributed by atoms with Gasteiger partial charge in [-0.1, -0.05) is 29.8 Å². The largest absolute Gasteiger partial charge is 0.331 e. The molecule has 0 N–H and O–H groups in total. The second kappa shape index (κ2) is 6.25. The van der Waals surface area contributed by atoms with Crippen molar-refractivity contribution in [2.45, 2.75) is 39.2 Å². The number of alkyl halides is 1. The lowest BCUT2D eigenvalue weighted by molar-refractivity contribution is -0.158. The number of rotatable bonds is 4. The van der Waals surface area contributed by atoms with Crippen LogP contribution in [0.5, 0.6) is 0 Å². The van der Waals surface area contributed by atoms with E-state index < -0.39 is 0 Å². The van der Waals surface area contributed by atoms with Gasteiger partial charge in [0.15, 0.2) is 0 Å². The normalized spacial score (nSPS) is 25.8. The van der Waals surface area contributed by atoms with E-state index in [0.29, 0.717) is 18.4 Å². The predicted molar refractivity (Wildman–Crippen MR) is 78.1 cm³/mol. The van der Waals surface area contributed by atoms with Crippen molar-refractivity contribution in [1.82, 2.24) is 9.80 Å². The smallest absolute Gasteiger partial charge is 0.245 e. The molecule has 4 nitrogen and oxygen atoms in total. The van der Waals surface area contributed by atoms with Gasteiger partial charge >= 0.3 is 0 Å². The molecule has 2 amide bonds. The number of fused-ring (bicyclic) bond motifs is 1. The van der Waals surface area contributed by atoms with Crippen molar-refractivity contribution in [3.05, 3.63) is 0 Å². The molecule has 2 aliphatic rings. The molecular weight excluding hydrogens is 308 g/mol. The fourth-order valence-corrected chi connectivity index (χ4v) is 3.86.